The molecule has 0 saturated carbocycles. The number of fused-ring (bicyclic) bond motifs is 1. The van der Waals surface area contributed by atoms with E-state index in [9.17, 15) is 8.42 Å². The predicted octanol–water partition coefficient (Wildman–Crippen LogP) is 0.0570. The van der Waals surface area contributed by atoms with E-state index in [-0.39, 0.29) is 6.61 Å². The molecule has 2 heterocycles. The molecular formula is C10H9N3O3S. The lowest BCUT2D eigenvalue weighted by Crippen LogP contribution is -2.02. The lowest BCUT2D eigenvalue weighted by atomic mass is 10.3. The van der Waals surface area contributed by atoms with Gasteiger partial charge in [-0.1, -0.05) is 11.8 Å². The Morgan fingerprint density at radius 2 is 2.35 bits per heavy atom. The van der Waals surface area contributed by atoms with E-state index in [0.717, 1.165) is 6.26 Å². The zero-order valence-electron chi connectivity index (χ0n) is 8.99. The Morgan fingerprint density at radius 3 is 3.12 bits per heavy atom. The number of nitrogens with zero attached hydrogens (tertiary/aromatic N) is 3. The number of hydrogen-bond donors (Lipinski definition) is 0. The fraction of sp³-hybridized carbons (Fsp3) is 0.200. The Balaban J connectivity index is 2.19. The molecule has 0 saturated heterocycles. The maximum atomic E-state index is 10.7. The topological polar surface area (TPSA) is 73.6 Å². The number of hydrogen-bond acceptors (Lipinski definition) is 5. The molecule has 0 spiro atoms. The van der Waals surface area contributed by atoms with Crippen molar-refractivity contribution in [2.24, 2.45) is 0 Å². The van der Waals surface area contributed by atoms with Gasteiger partial charge < -0.3 is 0 Å². The number of pyridine rings is 1. The van der Waals surface area contributed by atoms with Crippen molar-refractivity contribution in [3.05, 3.63) is 30.2 Å². The molecule has 0 aliphatic carbocycles. The summed E-state index contributed by atoms with van der Waals surface area (Å²) < 4.78 is 27.6. The first-order valence-electron chi connectivity index (χ1n) is 4.68. The maximum Gasteiger partial charge on any atom is 0.265 e. The van der Waals surface area contributed by atoms with Crippen LogP contribution in [0.4, 0.5) is 0 Å². The predicted molar refractivity (Wildman–Crippen MR) is 60.7 cm³/mol. The molecule has 88 valence electrons. The van der Waals surface area contributed by atoms with E-state index in [1.54, 1.807) is 29.1 Å². The third-order valence-electron chi connectivity index (χ3n) is 1.89. The normalized spacial score (nSPS) is 11.1. The second-order valence-corrected chi connectivity index (χ2v) is 4.90. The van der Waals surface area contributed by atoms with Crippen molar-refractivity contribution in [1.82, 2.24) is 14.6 Å². The lowest BCUT2D eigenvalue weighted by Gasteiger charge is -1.94. The highest BCUT2D eigenvalue weighted by atomic mass is 32.2. The number of aromatic nitrogens is 3. The van der Waals surface area contributed by atoms with Gasteiger partial charge in [-0.25, -0.2) is 0 Å². The van der Waals surface area contributed by atoms with E-state index in [1.807, 2.05) is 0 Å². The van der Waals surface area contributed by atoms with Gasteiger partial charge in [-0.2, -0.15) is 8.42 Å². The van der Waals surface area contributed by atoms with E-state index in [0.29, 0.717) is 11.2 Å². The summed E-state index contributed by atoms with van der Waals surface area (Å²) in [6.45, 7) is -0.173. The Labute approximate surface area is 98.4 Å². The Kier molecular flexibility index (Phi) is 3.08. The van der Waals surface area contributed by atoms with Gasteiger partial charge in [0.05, 0.1) is 11.8 Å². The lowest BCUT2D eigenvalue weighted by molar-refractivity contribution is 0.368. The first kappa shape index (κ1) is 11.6. The third-order valence-corrected chi connectivity index (χ3v) is 2.44. The Bertz CT molecular complexity index is 694. The second-order valence-electron chi connectivity index (χ2n) is 3.25. The molecule has 7 heteroatoms. The molecular weight excluding hydrogens is 242 g/mol. The van der Waals surface area contributed by atoms with Crippen LogP contribution < -0.4 is 0 Å². The molecule has 0 fully saturated rings. The van der Waals surface area contributed by atoms with Crippen LogP contribution in [-0.4, -0.2) is 35.9 Å². The van der Waals surface area contributed by atoms with E-state index < -0.39 is 10.1 Å². The molecule has 2 aromatic heterocycles. The van der Waals surface area contributed by atoms with E-state index in [4.69, 9.17) is 0 Å². The van der Waals surface area contributed by atoms with Gasteiger partial charge in [0.25, 0.3) is 10.1 Å². The van der Waals surface area contributed by atoms with Gasteiger partial charge in [0.1, 0.15) is 12.9 Å². The maximum absolute atomic E-state index is 10.7. The molecule has 0 aliphatic rings. The minimum Gasteiger partial charge on any atom is -0.288 e. The molecule has 0 aromatic carbocycles. The molecule has 6 nitrogen and oxygen atoms in total. The zero-order valence-corrected chi connectivity index (χ0v) is 9.81. The van der Waals surface area contributed by atoms with Gasteiger partial charge in [0.2, 0.25) is 0 Å². The largest absolute Gasteiger partial charge is 0.288 e. The van der Waals surface area contributed by atoms with Gasteiger partial charge in [0.15, 0.2) is 5.65 Å². The summed E-state index contributed by atoms with van der Waals surface area (Å²) in [5.74, 6) is 5.39. The Hall–Kier alpha value is -1.91. The monoisotopic (exact) mass is 251 g/mol. The van der Waals surface area contributed by atoms with Crippen LogP contribution in [0.3, 0.4) is 0 Å². The molecule has 0 aliphatic heterocycles. The van der Waals surface area contributed by atoms with Gasteiger partial charge in [0, 0.05) is 6.20 Å². The Morgan fingerprint density at radius 1 is 1.53 bits per heavy atom. The molecule has 2 aromatic rings. The smallest absolute Gasteiger partial charge is 0.265 e. The highest BCUT2D eigenvalue weighted by Gasteiger charge is 2.00. The summed E-state index contributed by atoms with van der Waals surface area (Å²) in [5.41, 5.74) is 1.29. The van der Waals surface area contributed by atoms with Crippen molar-refractivity contribution >= 4 is 15.8 Å². The minimum absolute atomic E-state index is 0.173. The van der Waals surface area contributed by atoms with Gasteiger partial charge in [-0.3, -0.25) is 8.58 Å². The van der Waals surface area contributed by atoms with Gasteiger partial charge >= 0.3 is 0 Å². The van der Waals surface area contributed by atoms with Gasteiger partial charge in [-0.05, 0) is 12.1 Å². The minimum atomic E-state index is -3.45. The second kappa shape index (κ2) is 4.53. The van der Waals surface area contributed by atoms with Gasteiger partial charge in [-0.15, -0.1) is 10.2 Å². The highest BCUT2D eigenvalue weighted by Crippen LogP contribution is 2.04. The molecule has 0 amide bonds. The fourth-order valence-corrected chi connectivity index (χ4v) is 1.49. The van der Waals surface area contributed by atoms with Crippen LogP contribution in [0, 0.1) is 11.8 Å². The summed E-state index contributed by atoms with van der Waals surface area (Å²) in [6, 6.07) is 3.58. The summed E-state index contributed by atoms with van der Waals surface area (Å²) in [7, 11) is -3.45. The van der Waals surface area contributed by atoms with Crippen LogP contribution >= 0.6 is 0 Å². The van der Waals surface area contributed by atoms with Crippen LogP contribution in [0.25, 0.3) is 5.65 Å². The van der Waals surface area contributed by atoms with E-state index in [1.165, 1.54) is 0 Å². The van der Waals surface area contributed by atoms with Crippen molar-refractivity contribution < 1.29 is 12.6 Å². The molecule has 0 radical (unpaired) electrons. The van der Waals surface area contributed by atoms with E-state index >= 15 is 0 Å². The zero-order chi connectivity index (χ0) is 12.3. The quantitative estimate of drug-likeness (QED) is 0.557. The van der Waals surface area contributed by atoms with Crippen LogP contribution in [0.15, 0.2) is 24.7 Å². The molecule has 0 unspecified atom stereocenters. The SMILES string of the molecule is CS(=O)(=O)OCC#Cc1cccn2cnnc12. The van der Waals surface area contributed by atoms with Crippen LogP contribution in [0.1, 0.15) is 5.56 Å². The summed E-state index contributed by atoms with van der Waals surface area (Å²) in [6.07, 6.45) is 4.34. The molecule has 0 N–H and O–H groups in total. The first-order chi connectivity index (χ1) is 8.06. The van der Waals surface area contributed by atoms with Crippen molar-refractivity contribution in [1.29, 1.82) is 0 Å². The number of rotatable bonds is 2. The standard InChI is InChI=1S/C10H9N3O3S/c1-17(14,15)16-7-3-5-9-4-2-6-13-8-11-12-10(9)13/h2,4,6,8H,7H2,1H3. The van der Waals surface area contributed by atoms with Crippen LogP contribution in [0.2, 0.25) is 0 Å². The molecule has 2 rings (SSSR count). The summed E-state index contributed by atoms with van der Waals surface area (Å²) in [5, 5.41) is 7.65. The molecule has 0 atom stereocenters. The summed E-state index contributed by atoms with van der Waals surface area (Å²) >= 11 is 0. The van der Waals surface area contributed by atoms with Crippen molar-refractivity contribution in [2.75, 3.05) is 12.9 Å². The molecule has 17 heavy (non-hydrogen) atoms. The van der Waals surface area contributed by atoms with Crippen molar-refractivity contribution in [3.63, 3.8) is 0 Å². The highest BCUT2D eigenvalue weighted by molar-refractivity contribution is 7.85. The first-order valence-corrected chi connectivity index (χ1v) is 6.49. The van der Waals surface area contributed by atoms with Crippen molar-refractivity contribution in [3.8, 4) is 11.8 Å². The van der Waals surface area contributed by atoms with Crippen molar-refractivity contribution in [2.45, 2.75) is 0 Å². The molecule has 0 bridgehead atoms. The van der Waals surface area contributed by atoms with E-state index in [2.05, 4.69) is 26.2 Å². The van der Waals surface area contributed by atoms with Crippen LogP contribution in [-0.2, 0) is 14.3 Å². The fourth-order valence-electron chi connectivity index (χ4n) is 1.22. The summed E-state index contributed by atoms with van der Waals surface area (Å²) in [4.78, 5) is 0. The average molecular weight is 251 g/mol. The third kappa shape index (κ3) is 3.03. The van der Waals surface area contributed by atoms with Crippen LogP contribution in [0.5, 0.6) is 0 Å². The average Bonchev–Trinajstić information content (AvgIpc) is 2.71.